The number of nitrogens with one attached hydrogen (secondary N) is 1. The molecule has 0 unspecified atom stereocenters. The van der Waals surface area contributed by atoms with E-state index in [1.807, 2.05) is 19.0 Å². The lowest BCUT2D eigenvalue weighted by molar-refractivity contribution is -0.121. The Balaban J connectivity index is 2.03. The smallest absolute Gasteiger partial charge is 0.343 e. The normalized spacial score (nSPS) is 11.7. The summed E-state index contributed by atoms with van der Waals surface area (Å²) in [5, 5.41) is 2.73. The fraction of sp³-hybridized carbons (Fsp3) is 0.300. The van der Waals surface area contributed by atoms with E-state index in [1.54, 1.807) is 18.2 Å². The standard InChI is InChI=1S/C20H24N4O5S/c1-22(2)13-12-21-19(25)14-23-17-6-4-5-7-18(17)24(20(23)26)30(27,28)16-10-8-15(29-3)9-11-16/h4-11H,12-14H2,1-3H3,(H,21,25). The maximum atomic E-state index is 13.2. The minimum Gasteiger partial charge on any atom is -0.497 e. The first-order valence-electron chi connectivity index (χ1n) is 9.27. The molecule has 0 fully saturated rings. The lowest BCUT2D eigenvalue weighted by Crippen LogP contribution is -2.37. The Morgan fingerprint density at radius 3 is 2.30 bits per heavy atom. The highest BCUT2D eigenvalue weighted by Crippen LogP contribution is 2.21. The molecule has 2 aromatic carbocycles. The Morgan fingerprint density at radius 2 is 1.70 bits per heavy atom. The summed E-state index contributed by atoms with van der Waals surface area (Å²) in [6, 6.07) is 12.3. The fourth-order valence-electron chi connectivity index (χ4n) is 3.04. The molecular weight excluding hydrogens is 408 g/mol. The molecule has 3 aromatic rings. The van der Waals surface area contributed by atoms with Gasteiger partial charge in [-0.25, -0.2) is 13.2 Å². The summed E-state index contributed by atoms with van der Waals surface area (Å²) >= 11 is 0. The van der Waals surface area contributed by atoms with Crippen LogP contribution in [0.1, 0.15) is 0 Å². The predicted octanol–water partition coefficient (Wildman–Crippen LogP) is 0.726. The second kappa shape index (κ2) is 8.72. The number of rotatable bonds is 8. The average molecular weight is 433 g/mol. The number of imidazole rings is 1. The van der Waals surface area contributed by atoms with Crippen molar-refractivity contribution in [3.05, 3.63) is 59.0 Å². The van der Waals surface area contributed by atoms with E-state index in [-0.39, 0.29) is 22.9 Å². The van der Waals surface area contributed by atoms with E-state index in [0.717, 1.165) is 3.97 Å². The fourth-order valence-corrected chi connectivity index (χ4v) is 4.44. The number of amides is 1. The van der Waals surface area contributed by atoms with Gasteiger partial charge in [0.2, 0.25) is 5.91 Å². The zero-order chi connectivity index (χ0) is 21.9. The Hall–Kier alpha value is -3.11. The summed E-state index contributed by atoms with van der Waals surface area (Å²) < 4.78 is 33.4. The molecule has 0 saturated heterocycles. The number of fused-ring (bicyclic) bond motifs is 1. The third kappa shape index (κ3) is 4.24. The summed E-state index contributed by atoms with van der Waals surface area (Å²) in [5.41, 5.74) is -0.225. The first kappa shape index (κ1) is 21.6. The maximum Gasteiger partial charge on any atom is 0.343 e. The van der Waals surface area contributed by atoms with Gasteiger partial charge in [-0.2, -0.15) is 3.97 Å². The zero-order valence-corrected chi connectivity index (χ0v) is 17.8. The third-order valence-electron chi connectivity index (χ3n) is 4.58. The molecule has 0 aliphatic heterocycles. The molecule has 0 atom stereocenters. The summed E-state index contributed by atoms with van der Waals surface area (Å²) in [4.78, 5) is 27.3. The Labute approximate surface area is 174 Å². The van der Waals surface area contributed by atoms with E-state index in [0.29, 0.717) is 24.4 Å². The van der Waals surface area contributed by atoms with Gasteiger partial charge in [0.05, 0.1) is 23.0 Å². The highest BCUT2D eigenvalue weighted by Gasteiger charge is 2.26. The van der Waals surface area contributed by atoms with E-state index in [4.69, 9.17) is 4.74 Å². The summed E-state index contributed by atoms with van der Waals surface area (Å²) in [6.07, 6.45) is 0. The monoisotopic (exact) mass is 432 g/mol. The second-order valence-corrected chi connectivity index (χ2v) is 8.74. The molecule has 0 aliphatic carbocycles. The number of hydrogen-bond donors (Lipinski definition) is 1. The Bertz CT molecular complexity index is 1210. The summed E-state index contributed by atoms with van der Waals surface area (Å²) in [7, 11) is 1.07. The van der Waals surface area contributed by atoms with Crippen molar-refractivity contribution in [2.75, 3.05) is 34.3 Å². The molecule has 9 nitrogen and oxygen atoms in total. The number of hydrogen-bond acceptors (Lipinski definition) is 6. The van der Waals surface area contributed by atoms with Crippen LogP contribution in [0.5, 0.6) is 5.75 Å². The average Bonchev–Trinajstić information content (AvgIpc) is 3.00. The number of nitrogens with zero attached hydrogens (tertiary/aromatic N) is 3. The van der Waals surface area contributed by atoms with Gasteiger partial charge in [0, 0.05) is 13.1 Å². The number of aromatic nitrogens is 2. The molecule has 0 spiro atoms. The van der Waals surface area contributed by atoms with Crippen molar-refractivity contribution in [3.63, 3.8) is 0 Å². The minimum absolute atomic E-state index is 0.0521. The Kier molecular flexibility index (Phi) is 6.28. The van der Waals surface area contributed by atoms with Gasteiger partial charge >= 0.3 is 5.69 Å². The van der Waals surface area contributed by atoms with Crippen LogP contribution in [-0.4, -0.2) is 62.1 Å². The van der Waals surface area contributed by atoms with Crippen molar-refractivity contribution < 1.29 is 17.9 Å². The highest BCUT2D eigenvalue weighted by atomic mass is 32.2. The van der Waals surface area contributed by atoms with Crippen LogP contribution in [-0.2, 0) is 21.4 Å². The van der Waals surface area contributed by atoms with Crippen LogP contribution >= 0.6 is 0 Å². The molecule has 30 heavy (non-hydrogen) atoms. The van der Waals surface area contributed by atoms with Crippen molar-refractivity contribution >= 4 is 27.0 Å². The first-order valence-corrected chi connectivity index (χ1v) is 10.7. The van der Waals surface area contributed by atoms with Crippen LogP contribution in [0.3, 0.4) is 0 Å². The van der Waals surface area contributed by atoms with Crippen molar-refractivity contribution in [3.8, 4) is 5.75 Å². The zero-order valence-electron chi connectivity index (χ0n) is 17.0. The topological polar surface area (TPSA) is 103 Å². The van der Waals surface area contributed by atoms with E-state index < -0.39 is 15.7 Å². The van der Waals surface area contributed by atoms with Gasteiger partial charge in [-0.05, 0) is 50.5 Å². The number of carbonyl (C=O) groups is 1. The van der Waals surface area contributed by atoms with Gasteiger partial charge in [-0.3, -0.25) is 9.36 Å². The summed E-state index contributed by atoms with van der Waals surface area (Å²) in [6.45, 7) is 0.787. The Morgan fingerprint density at radius 1 is 1.07 bits per heavy atom. The lowest BCUT2D eigenvalue weighted by atomic mass is 10.3. The molecule has 3 rings (SSSR count). The van der Waals surface area contributed by atoms with Gasteiger partial charge in [0.1, 0.15) is 12.3 Å². The number of ether oxygens (including phenoxy) is 1. The van der Waals surface area contributed by atoms with E-state index in [9.17, 15) is 18.0 Å². The van der Waals surface area contributed by atoms with Gasteiger partial charge in [-0.1, -0.05) is 12.1 Å². The van der Waals surface area contributed by atoms with Crippen LogP contribution in [0, 0.1) is 0 Å². The largest absolute Gasteiger partial charge is 0.497 e. The number of para-hydroxylation sites is 2. The molecule has 1 amide bonds. The molecule has 1 N–H and O–H groups in total. The molecule has 0 bridgehead atoms. The number of benzene rings is 2. The highest BCUT2D eigenvalue weighted by molar-refractivity contribution is 7.90. The number of likely N-dealkylation sites (N-methyl/N-ethyl adjacent to an activating group) is 1. The van der Waals surface area contributed by atoms with Crippen LogP contribution in [0.15, 0.2) is 58.2 Å². The molecule has 0 saturated carbocycles. The van der Waals surface area contributed by atoms with Gasteiger partial charge in [0.25, 0.3) is 10.0 Å². The van der Waals surface area contributed by atoms with Gasteiger partial charge in [-0.15, -0.1) is 0 Å². The summed E-state index contributed by atoms with van der Waals surface area (Å²) in [5.74, 6) is 0.127. The van der Waals surface area contributed by atoms with E-state index in [1.165, 1.54) is 42.0 Å². The SMILES string of the molecule is COc1ccc(S(=O)(=O)n2c(=O)n(CC(=O)NCCN(C)C)c3ccccc32)cc1. The maximum absolute atomic E-state index is 13.2. The molecule has 1 heterocycles. The van der Waals surface area contributed by atoms with Gasteiger partial charge in [0.15, 0.2) is 0 Å². The van der Waals surface area contributed by atoms with Crippen molar-refractivity contribution in [1.82, 2.24) is 18.8 Å². The predicted molar refractivity (Wildman–Crippen MR) is 113 cm³/mol. The van der Waals surface area contributed by atoms with Crippen LogP contribution in [0.2, 0.25) is 0 Å². The van der Waals surface area contributed by atoms with Crippen molar-refractivity contribution in [2.45, 2.75) is 11.4 Å². The van der Waals surface area contributed by atoms with Crippen molar-refractivity contribution in [2.24, 2.45) is 0 Å². The molecular formula is C20H24N4O5S. The minimum atomic E-state index is -4.17. The molecule has 160 valence electrons. The van der Waals surface area contributed by atoms with Crippen LogP contribution in [0.25, 0.3) is 11.0 Å². The quantitative estimate of drug-likeness (QED) is 0.563. The van der Waals surface area contributed by atoms with Crippen LogP contribution in [0.4, 0.5) is 0 Å². The first-order chi connectivity index (χ1) is 14.3. The van der Waals surface area contributed by atoms with E-state index in [2.05, 4.69) is 5.32 Å². The van der Waals surface area contributed by atoms with Crippen molar-refractivity contribution in [1.29, 1.82) is 0 Å². The number of carbonyl (C=O) groups excluding carboxylic acids is 1. The lowest BCUT2D eigenvalue weighted by Gasteiger charge is -2.10. The molecule has 1 aromatic heterocycles. The third-order valence-corrected chi connectivity index (χ3v) is 6.28. The number of methoxy groups -OCH3 is 1. The van der Waals surface area contributed by atoms with Gasteiger partial charge < -0.3 is 15.0 Å². The second-order valence-electron chi connectivity index (χ2n) is 6.96. The van der Waals surface area contributed by atoms with Crippen LogP contribution < -0.4 is 15.7 Å². The molecule has 10 heteroatoms. The van der Waals surface area contributed by atoms with E-state index >= 15 is 0 Å². The molecule has 0 radical (unpaired) electrons. The molecule has 0 aliphatic rings.